The smallest absolute Gasteiger partial charge is 0.143 e. The number of hydrogen-bond donors (Lipinski definition) is 1. The predicted octanol–water partition coefficient (Wildman–Crippen LogP) is 3.30. The second-order valence-electron chi connectivity index (χ2n) is 4.34. The van der Waals surface area contributed by atoms with Crippen LogP contribution in [0.3, 0.4) is 0 Å². The Balaban J connectivity index is 1.79. The van der Waals surface area contributed by atoms with Crippen LogP contribution in [0, 0.1) is 6.92 Å². The van der Waals surface area contributed by atoms with Gasteiger partial charge in [-0.15, -0.1) is 16.4 Å². The first-order valence-electron chi connectivity index (χ1n) is 6.03. The zero-order chi connectivity index (χ0) is 13.9. The molecule has 102 valence electrons. The van der Waals surface area contributed by atoms with Gasteiger partial charge in [-0.1, -0.05) is 17.7 Å². The third kappa shape index (κ3) is 2.81. The average Bonchev–Trinajstić information content (AvgIpc) is 3.09. The van der Waals surface area contributed by atoms with Crippen LogP contribution >= 0.6 is 22.9 Å². The Hall–Kier alpha value is -1.92. The third-order valence-corrected chi connectivity index (χ3v) is 4.18. The van der Waals surface area contributed by atoms with Crippen molar-refractivity contribution in [1.29, 1.82) is 0 Å². The molecule has 20 heavy (non-hydrogen) atoms. The van der Waals surface area contributed by atoms with E-state index in [2.05, 4.69) is 20.8 Å². The van der Waals surface area contributed by atoms with Crippen LogP contribution in [-0.2, 0) is 6.54 Å². The van der Waals surface area contributed by atoms with Gasteiger partial charge in [0.1, 0.15) is 6.33 Å². The van der Waals surface area contributed by atoms with Crippen molar-refractivity contribution in [3.63, 3.8) is 0 Å². The number of tetrazole rings is 1. The highest BCUT2D eigenvalue weighted by Crippen LogP contribution is 2.22. The highest BCUT2D eigenvalue weighted by Gasteiger charge is 2.05. The summed E-state index contributed by atoms with van der Waals surface area (Å²) in [6.07, 6.45) is 1.59. The van der Waals surface area contributed by atoms with E-state index in [0.29, 0.717) is 0 Å². The summed E-state index contributed by atoms with van der Waals surface area (Å²) in [6.45, 7) is 2.77. The first-order valence-corrected chi connectivity index (χ1v) is 7.29. The molecule has 3 aromatic rings. The van der Waals surface area contributed by atoms with Crippen molar-refractivity contribution in [2.24, 2.45) is 0 Å². The van der Waals surface area contributed by atoms with Crippen LogP contribution < -0.4 is 5.32 Å². The minimum absolute atomic E-state index is 0.746. The molecule has 1 N–H and O–H groups in total. The number of halogens is 1. The van der Waals surface area contributed by atoms with Crippen LogP contribution in [0.25, 0.3) is 5.69 Å². The summed E-state index contributed by atoms with van der Waals surface area (Å²) in [4.78, 5) is 1.19. The molecule has 0 spiro atoms. The summed E-state index contributed by atoms with van der Waals surface area (Å²) in [5.74, 6) is 0. The number of aryl methyl sites for hydroxylation is 1. The van der Waals surface area contributed by atoms with Crippen molar-refractivity contribution in [2.45, 2.75) is 13.5 Å². The Morgan fingerprint density at radius 1 is 1.35 bits per heavy atom. The molecule has 2 aromatic heterocycles. The number of thiophene rings is 1. The van der Waals surface area contributed by atoms with E-state index in [0.717, 1.165) is 28.5 Å². The molecule has 2 heterocycles. The van der Waals surface area contributed by atoms with Gasteiger partial charge in [0.05, 0.1) is 10.7 Å². The summed E-state index contributed by atoms with van der Waals surface area (Å²) in [5, 5.41) is 17.3. The van der Waals surface area contributed by atoms with Crippen molar-refractivity contribution in [3.8, 4) is 5.69 Å². The monoisotopic (exact) mass is 305 g/mol. The van der Waals surface area contributed by atoms with Gasteiger partial charge in [-0.3, -0.25) is 0 Å². The maximum absolute atomic E-state index is 5.91. The van der Waals surface area contributed by atoms with E-state index in [9.17, 15) is 0 Å². The van der Waals surface area contributed by atoms with Crippen molar-refractivity contribution in [2.75, 3.05) is 5.32 Å². The molecule has 0 aliphatic heterocycles. The first kappa shape index (κ1) is 13.1. The first-order chi connectivity index (χ1) is 9.72. The topological polar surface area (TPSA) is 55.6 Å². The number of aromatic nitrogens is 4. The molecule has 1 aromatic carbocycles. The number of hydrogen-bond acceptors (Lipinski definition) is 5. The average molecular weight is 306 g/mol. The summed E-state index contributed by atoms with van der Waals surface area (Å²) >= 11 is 7.55. The summed E-state index contributed by atoms with van der Waals surface area (Å²) in [7, 11) is 0. The van der Waals surface area contributed by atoms with E-state index in [1.807, 2.05) is 36.6 Å². The van der Waals surface area contributed by atoms with Gasteiger partial charge in [-0.05, 0) is 41.1 Å². The molecular weight excluding hydrogens is 294 g/mol. The number of nitrogens with zero attached hydrogens (tertiary/aromatic N) is 4. The fraction of sp³-hybridized carbons (Fsp3) is 0.154. The van der Waals surface area contributed by atoms with Crippen LogP contribution in [0.15, 0.2) is 36.0 Å². The molecule has 5 nitrogen and oxygen atoms in total. The Morgan fingerprint density at radius 2 is 2.25 bits per heavy atom. The predicted molar refractivity (Wildman–Crippen MR) is 80.5 cm³/mol. The summed E-state index contributed by atoms with van der Waals surface area (Å²) < 4.78 is 1.66. The molecule has 0 atom stereocenters. The Bertz CT molecular complexity index is 707. The Morgan fingerprint density at radius 3 is 2.95 bits per heavy atom. The molecule has 0 aliphatic rings. The van der Waals surface area contributed by atoms with Gasteiger partial charge in [0, 0.05) is 22.5 Å². The lowest BCUT2D eigenvalue weighted by Crippen LogP contribution is -2.02. The van der Waals surface area contributed by atoms with E-state index in [4.69, 9.17) is 11.6 Å². The molecule has 0 aliphatic carbocycles. The summed E-state index contributed by atoms with van der Waals surface area (Å²) in [5.41, 5.74) is 3.09. The molecule has 7 heteroatoms. The van der Waals surface area contributed by atoms with E-state index >= 15 is 0 Å². The SMILES string of the molecule is Cc1ccc(NCc2cc(Cl)cs2)cc1-n1cnnn1. The van der Waals surface area contributed by atoms with Gasteiger partial charge in [0.2, 0.25) is 0 Å². The summed E-state index contributed by atoms with van der Waals surface area (Å²) in [6, 6.07) is 8.08. The second-order valence-corrected chi connectivity index (χ2v) is 5.77. The van der Waals surface area contributed by atoms with E-state index < -0.39 is 0 Å². The normalized spacial score (nSPS) is 10.7. The zero-order valence-corrected chi connectivity index (χ0v) is 12.3. The number of rotatable bonds is 4. The minimum Gasteiger partial charge on any atom is -0.380 e. The molecule has 0 fully saturated rings. The van der Waals surface area contributed by atoms with Crippen molar-refractivity contribution in [3.05, 3.63) is 51.4 Å². The zero-order valence-electron chi connectivity index (χ0n) is 10.7. The van der Waals surface area contributed by atoms with Gasteiger partial charge in [0.15, 0.2) is 0 Å². The van der Waals surface area contributed by atoms with E-state index in [-0.39, 0.29) is 0 Å². The molecule has 0 saturated carbocycles. The van der Waals surface area contributed by atoms with Gasteiger partial charge < -0.3 is 5.32 Å². The van der Waals surface area contributed by atoms with Crippen LogP contribution in [0.1, 0.15) is 10.4 Å². The number of nitrogens with one attached hydrogen (secondary N) is 1. The Labute approximate surface area is 125 Å². The molecule has 0 saturated heterocycles. The van der Waals surface area contributed by atoms with Gasteiger partial charge >= 0.3 is 0 Å². The largest absolute Gasteiger partial charge is 0.380 e. The van der Waals surface area contributed by atoms with Crippen LogP contribution in [0.4, 0.5) is 5.69 Å². The van der Waals surface area contributed by atoms with Crippen molar-refractivity contribution >= 4 is 28.6 Å². The van der Waals surface area contributed by atoms with E-state index in [1.165, 1.54) is 4.88 Å². The lowest BCUT2D eigenvalue weighted by molar-refractivity contribution is 0.785. The molecule has 0 radical (unpaired) electrons. The molecule has 0 amide bonds. The molecule has 0 bridgehead atoms. The van der Waals surface area contributed by atoms with Crippen molar-refractivity contribution in [1.82, 2.24) is 20.2 Å². The minimum atomic E-state index is 0.746. The third-order valence-electron chi connectivity index (χ3n) is 2.89. The lowest BCUT2D eigenvalue weighted by atomic mass is 10.2. The molecule has 0 unspecified atom stereocenters. The van der Waals surface area contributed by atoms with E-state index in [1.54, 1.807) is 22.3 Å². The van der Waals surface area contributed by atoms with Gasteiger partial charge in [-0.25, -0.2) is 4.68 Å². The number of anilines is 1. The molecule has 3 rings (SSSR count). The fourth-order valence-electron chi connectivity index (χ4n) is 1.87. The quantitative estimate of drug-likeness (QED) is 0.803. The second kappa shape index (κ2) is 5.60. The molecular formula is C13H12ClN5S. The van der Waals surface area contributed by atoms with Crippen molar-refractivity contribution < 1.29 is 0 Å². The lowest BCUT2D eigenvalue weighted by Gasteiger charge is -2.09. The van der Waals surface area contributed by atoms with Crippen LogP contribution in [0.5, 0.6) is 0 Å². The van der Waals surface area contributed by atoms with Gasteiger partial charge in [0.25, 0.3) is 0 Å². The Kier molecular flexibility index (Phi) is 3.66. The fourth-order valence-corrected chi connectivity index (χ4v) is 2.89. The number of benzene rings is 1. The van der Waals surface area contributed by atoms with Gasteiger partial charge in [-0.2, -0.15) is 0 Å². The van der Waals surface area contributed by atoms with Crippen LogP contribution in [-0.4, -0.2) is 20.2 Å². The maximum atomic E-state index is 5.91. The highest BCUT2D eigenvalue weighted by atomic mass is 35.5. The maximum Gasteiger partial charge on any atom is 0.143 e. The highest BCUT2D eigenvalue weighted by molar-refractivity contribution is 7.10. The van der Waals surface area contributed by atoms with Crippen LogP contribution in [0.2, 0.25) is 5.02 Å². The standard InChI is InChI=1S/C13H12ClN5S/c1-9-2-3-11(5-13(9)19-8-16-17-18-19)15-6-12-4-10(14)7-20-12/h2-5,7-8,15H,6H2,1H3.